The maximum absolute atomic E-state index is 12.3. The van der Waals surface area contributed by atoms with E-state index in [1.54, 1.807) is 0 Å². The van der Waals surface area contributed by atoms with Crippen molar-refractivity contribution in [3.63, 3.8) is 0 Å². The van der Waals surface area contributed by atoms with Gasteiger partial charge in [0.1, 0.15) is 13.2 Å². The number of amides is 1. The van der Waals surface area contributed by atoms with Gasteiger partial charge in [0.15, 0.2) is 11.5 Å². The molecule has 3 aromatic rings. The molecule has 4 rings (SSSR count). The zero-order valence-electron chi connectivity index (χ0n) is 17.4. The summed E-state index contributed by atoms with van der Waals surface area (Å²) in [6.45, 7) is 5.21. The molecular weight excluding hydrogens is 376 g/mol. The summed E-state index contributed by atoms with van der Waals surface area (Å²) in [6.07, 6.45) is 1.69. The Morgan fingerprint density at radius 3 is 2.23 bits per heavy atom. The van der Waals surface area contributed by atoms with Crippen LogP contribution in [-0.2, 0) is 4.79 Å². The standard InChI is InChI=1S/C25H26N2O3/c1-3-17(4-2)25(28)26-20-11-8-18(9-12-20)21-6-5-7-22(27-21)19-10-13-23-24(16-19)30-15-14-29-23/h5-13,16-17H,3-4,14-15H2,1-2H3,(H,26,28). The van der Waals surface area contributed by atoms with Crippen molar-refractivity contribution in [3.8, 4) is 34.0 Å². The molecule has 30 heavy (non-hydrogen) atoms. The fourth-order valence-electron chi connectivity index (χ4n) is 3.59. The molecule has 0 fully saturated rings. The van der Waals surface area contributed by atoms with Gasteiger partial charge in [-0.05, 0) is 55.3 Å². The van der Waals surface area contributed by atoms with Crippen molar-refractivity contribution in [2.24, 2.45) is 5.92 Å². The largest absolute Gasteiger partial charge is 0.486 e. The summed E-state index contributed by atoms with van der Waals surface area (Å²) >= 11 is 0. The van der Waals surface area contributed by atoms with E-state index in [0.29, 0.717) is 13.2 Å². The molecule has 154 valence electrons. The molecule has 1 aliphatic heterocycles. The zero-order valence-corrected chi connectivity index (χ0v) is 17.4. The van der Waals surface area contributed by atoms with E-state index in [0.717, 1.165) is 52.5 Å². The van der Waals surface area contributed by atoms with Crippen LogP contribution in [0.4, 0.5) is 5.69 Å². The summed E-state index contributed by atoms with van der Waals surface area (Å²) in [5.74, 6) is 1.65. The summed E-state index contributed by atoms with van der Waals surface area (Å²) in [5, 5.41) is 3.00. The Hall–Kier alpha value is -3.34. The lowest BCUT2D eigenvalue weighted by molar-refractivity contribution is -0.120. The predicted octanol–water partition coefficient (Wildman–Crippen LogP) is 5.56. The van der Waals surface area contributed by atoms with Gasteiger partial charge in [0, 0.05) is 22.7 Å². The van der Waals surface area contributed by atoms with E-state index < -0.39 is 0 Å². The van der Waals surface area contributed by atoms with E-state index >= 15 is 0 Å². The minimum Gasteiger partial charge on any atom is -0.486 e. The van der Waals surface area contributed by atoms with Crippen molar-refractivity contribution in [1.82, 2.24) is 4.98 Å². The fraction of sp³-hybridized carbons (Fsp3) is 0.280. The normalized spacial score (nSPS) is 12.6. The minimum absolute atomic E-state index is 0.0500. The number of anilines is 1. The highest BCUT2D eigenvalue weighted by Crippen LogP contribution is 2.34. The van der Waals surface area contributed by atoms with E-state index in [1.807, 2.05) is 74.5 Å². The van der Waals surface area contributed by atoms with Crippen LogP contribution in [0.25, 0.3) is 22.5 Å². The van der Waals surface area contributed by atoms with Gasteiger partial charge in [0.2, 0.25) is 5.91 Å². The van der Waals surface area contributed by atoms with Gasteiger partial charge in [-0.15, -0.1) is 0 Å². The van der Waals surface area contributed by atoms with E-state index in [1.165, 1.54) is 0 Å². The van der Waals surface area contributed by atoms with Crippen molar-refractivity contribution in [3.05, 3.63) is 60.7 Å². The molecule has 5 nitrogen and oxygen atoms in total. The summed E-state index contributed by atoms with van der Waals surface area (Å²) in [5.41, 5.74) is 4.53. The first-order valence-corrected chi connectivity index (χ1v) is 10.5. The molecule has 1 N–H and O–H groups in total. The topological polar surface area (TPSA) is 60.5 Å². The Kier molecular flexibility index (Phi) is 5.98. The van der Waals surface area contributed by atoms with Gasteiger partial charge >= 0.3 is 0 Å². The molecule has 0 spiro atoms. The summed E-state index contributed by atoms with van der Waals surface area (Å²) in [7, 11) is 0. The van der Waals surface area contributed by atoms with Gasteiger partial charge in [-0.3, -0.25) is 4.79 Å². The maximum Gasteiger partial charge on any atom is 0.227 e. The average Bonchev–Trinajstić information content (AvgIpc) is 2.80. The molecule has 1 aromatic heterocycles. The molecule has 0 saturated carbocycles. The molecule has 0 saturated heterocycles. The SMILES string of the molecule is CCC(CC)C(=O)Nc1ccc(-c2cccc(-c3ccc4c(c3)OCCO4)n2)cc1. The molecule has 0 radical (unpaired) electrons. The minimum atomic E-state index is 0.0500. The lowest BCUT2D eigenvalue weighted by Crippen LogP contribution is -2.21. The number of nitrogens with one attached hydrogen (secondary N) is 1. The number of hydrogen-bond donors (Lipinski definition) is 1. The third-order valence-electron chi connectivity index (χ3n) is 5.39. The first-order valence-electron chi connectivity index (χ1n) is 10.5. The van der Waals surface area contributed by atoms with Crippen LogP contribution in [-0.4, -0.2) is 24.1 Å². The first kappa shape index (κ1) is 20.0. The van der Waals surface area contributed by atoms with Crippen LogP contribution in [0.15, 0.2) is 60.7 Å². The van der Waals surface area contributed by atoms with Crippen LogP contribution < -0.4 is 14.8 Å². The number of benzene rings is 2. The second-order valence-corrected chi connectivity index (χ2v) is 7.35. The second-order valence-electron chi connectivity index (χ2n) is 7.35. The van der Waals surface area contributed by atoms with Crippen LogP contribution in [0, 0.1) is 5.92 Å². The molecule has 1 aliphatic rings. The predicted molar refractivity (Wildman–Crippen MR) is 119 cm³/mol. The highest BCUT2D eigenvalue weighted by molar-refractivity contribution is 5.92. The summed E-state index contributed by atoms with van der Waals surface area (Å²) in [4.78, 5) is 17.1. The van der Waals surface area contributed by atoms with Crippen molar-refractivity contribution >= 4 is 11.6 Å². The lowest BCUT2D eigenvalue weighted by Gasteiger charge is -2.18. The Morgan fingerprint density at radius 1 is 0.900 bits per heavy atom. The molecule has 1 amide bonds. The van der Waals surface area contributed by atoms with E-state index in [4.69, 9.17) is 14.5 Å². The first-order chi connectivity index (χ1) is 14.7. The van der Waals surface area contributed by atoms with Gasteiger partial charge in [-0.1, -0.05) is 32.0 Å². The zero-order chi connectivity index (χ0) is 20.9. The van der Waals surface area contributed by atoms with Crippen LogP contribution in [0.5, 0.6) is 11.5 Å². The Balaban J connectivity index is 1.53. The van der Waals surface area contributed by atoms with Gasteiger partial charge < -0.3 is 14.8 Å². The molecule has 0 bridgehead atoms. The Labute approximate surface area is 177 Å². The van der Waals surface area contributed by atoms with Crippen LogP contribution in [0.2, 0.25) is 0 Å². The number of ether oxygens (including phenoxy) is 2. The smallest absolute Gasteiger partial charge is 0.227 e. The number of rotatable bonds is 6. The molecule has 5 heteroatoms. The maximum atomic E-state index is 12.3. The van der Waals surface area contributed by atoms with E-state index in [2.05, 4.69) is 5.32 Å². The Bertz CT molecular complexity index is 1030. The quantitative estimate of drug-likeness (QED) is 0.586. The number of hydrogen-bond acceptors (Lipinski definition) is 4. The Morgan fingerprint density at radius 2 is 1.53 bits per heavy atom. The molecule has 0 aliphatic carbocycles. The van der Waals surface area contributed by atoms with E-state index in [-0.39, 0.29) is 11.8 Å². The number of pyridine rings is 1. The third kappa shape index (κ3) is 4.30. The number of carbonyl (C=O) groups excluding carboxylic acids is 1. The highest BCUT2D eigenvalue weighted by Gasteiger charge is 2.15. The fourth-order valence-corrected chi connectivity index (χ4v) is 3.59. The van der Waals surface area contributed by atoms with Gasteiger partial charge in [-0.2, -0.15) is 0 Å². The van der Waals surface area contributed by atoms with E-state index in [9.17, 15) is 4.79 Å². The van der Waals surface area contributed by atoms with Crippen molar-refractivity contribution in [1.29, 1.82) is 0 Å². The van der Waals surface area contributed by atoms with Gasteiger partial charge in [0.25, 0.3) is 0 Å². The molecule has 0 unspecified atom stereocenters. The third-order valence-corrected chi connectivity index (χ3v) is 5.39. The number of aromatic nitrogens is 1. The molecule has 2 heterocycles. The van der Waals surface area contributed by atoms with Crippen molar-refractivity contribution in [2.75, 3.05) is 18.5 Å². The van der Waals surface area contributed by atoms with Crippen LogP contribution >= 0.6 is 0 Å². The van der Waals surface area contributed by atoms with Gasteiger partial charge in [0.05, 0.1) is 11.4 Å². The summed E-state index contributed by atoms with van der Waals surface area (Å²) in [6, 6.07) is 19.7. The molecule has 0 atom stereocenters. The van der Waals surface area contributed by atoms with Crippen LogP contribution in [0.3, 0.4) is 0 Å². The summed E-state index contributed by atoms with van der Waals surface area (Å²) < 4.78 is 11.3. The number of carbonyl (C=O) groups is 1. The molecular formula is C25H26N2O3. The van der Waals surface area contributed by atoms with Gasteiger partial charge in [-0.25, -0.2) is 4.98 Å². The van der Waals surface area contributed by atoms with Crippen molar-refractivity contribution < 1.29 is 14.3 Å². The number of nitrogens with zero attached hydrogens (tertiary/aromatic N) is 1. The molecule has 2 aromatic carbocycles. The monoisotopic (exact) mass is 402 g/mol. The second kappa shape index (κ2) is 8.99. The number of fused-ring (bicyclic) bond motifs is 1. The van der Waals surface area contributed by atoms with Crippen LogP contribution in [0.1, 0.15) is 26.7 Å². The average molecular weight is 402 g/mol. The lowest BCUT2D eigenvalue weighted by atomic mass is 10.0. The highest BCUT2D eigenvalue weighted by atomic mass is 16.6. The van der Waals surface area contributed by atoms with Crippen molar-refractivity contribution in [2.45, 2.75) is 26.7 Å².